The Morgan fingerprint density at radius 2 is 2.47 bits per heavy atom. The second-order valence-electron chi connectivity index (χ2n) is 4.78. The lowest BCUT2D eigenvalue weighted by molar-refractivity contribution is -0.123. The molecular weight excluding hydrogens is 264 g/mol. The van der Waals surface area contributed by atoms with Gasteiger partial charge in [-0.05, 0) is 44.5 Å². The number of amides is 1. The van der Waals surface area contributed by atoms with Crippen LogP contribution < -0.4 is 15.4 Å². The molecule has 5 heteroatoms. The number of carbonyl (C=O) groups excluding carboxylic acids is 1. The maximum absolute atomic E-state index is 11.8. The minimum absolute atomic E-state index is 0.0432. The molecule has 2 N–H and O–H groups in total. The van der Waals surface area contributed by atoms with E-state index in [4.69, 9.17) is 16.3 Å². The van der Waals surface area contributed by atoms with E-state index in [2.05, 4.69) is 10.6 Å². The Bertz CT molecular complexity index is 433. The van der Waals surface area contributed by atoms with Crippen molar-refractivity contribution in [2.75, 3.05) is 13.1 Å². The molecule has 4 nitrogen and oxygen atoms in total. The average molecular weight is 283 g/mol. The summed E-state index contributed by atoms with van der Waals surface area (Å²) in [6.45, 7) is 3.33. The number of carbonyl (C=O) groups is 1. The van der Waals surface area contributed by atoms with Crippen molar-refractivity contribution in [3.63, 3.8) is 0 Å². The number of nitrogens with one attached hydrogen (secondary N) is 2. The van der Waals surface area contributed by atoms with E-state index >= 15 is 0 Å². The van der Waals surface area contributed by atoms with Gasteiger partial charge in [-0.15, -0.1) is 0 Å². The fraction of sp³-hybridized carbons (Fsp3) is 0.500. The Hall–Kier alpha value is -1.26. The SMILES string of the molecule is CC(CNC(=O)C1CCCN1)Oc1cccc(Cl)c1. The third kappa shape index (κ3) is 4.40. The highest BCUT2D eigenvalue weighted by atomic mass is 35.5. The van der Waals surface area contributed by atoms with Crippen molar-refractivity contribution in [2.45, 2.75) is 31.9 Å². The predicted molar refractivity (Wildman–Crippen MR) is 75.6 cm³/mol. The zero-order valence-electron chi connectivity index (χ0n) is 11.0. The van der Waals surface area contributed by atoms with Crippen molar-refractivity contribution in [2.24, 2.45) is 0 Å². The van der Waals surface area contributed by atoms with Crippen molar-refractivity contribution >= 4 is 17.5 Å². The summed E-state index contributed by atoms with van der Waals surface area (Å²) in [5.41, 5.74) is 0. The molecule has 0 aromatic heterocycles. The molecule has 2 rings (SSSR count). The molecule has 1 aromatic rings. The van der Waals surface area contributed by atoms with Crippen LogP contribution in [0.25, 0.3) is 0 Å². The molecule has 0 radical (unpaired) electrons. The average Bonchev–Trinajstić information content (AvgIpc) is 2.90. The van der Waals surface area contributed by atoms with Crippen LogP contribution in [0.4, 0.5) is 0 Å². The van der Waals surface area contributed by atoms with E-state index in [0.29, 0.717) is 17.3 Å². The third-order valence-corrected chi connectivity index (χ3v) is 3.31. The van der Waals surface area contributed by atoms with Crippen molar-refractivity contribution in [3.05, 3.63) is 29.3 Å². The summed E-state index contributed by atoms with van der Waals surface area (Å²) in [5, 5.41) is 6.71. The van der Waals surface area contributed by atoms with Gasteiger partial charge in [-0.25, -0.2) is 0 Å². The lowest BCUT2D eigenvalue weighted by Crippen LogP contribution is -2.43. The van der Waals surface area contributed by atoms with E-state index in [9.17, 15) is 4.79 Å². The molecule has 0 bridgehead atoms. The second-order valence-corrected chi connectivity index (χ2v) is 5.22. The fourth-order valence-electron chi connectivity index (χ4n) is 2.09. The monoisotopic (exact) mass is 282 g/mol. The summed E-state index contributed by atoms with van der Waals surface area (Å²) in [4.78, 5) is 11.8. The van der Waals surface area contributed by atoms with Crippen LogP contribution in [0.3, 0.4) is 0 Å². The smallest absolute Gasteiger partial charge is 0.237 e. The summed E-state index contributed by atoms with van der Waals surface area (Å²) in [7, 11) is 0. The van der Waals surface area contributed by atoms with Crippen molar-refractivity contribution in [1.29, 1.82) is 0 Å². The molecule has 1 fully saturated rings. The first-order chi connectivity index (χ1) is 9.15. The van der Waals surface area contributed by atoms with Crippen LogP contribution in [0, 0.1) is 0 Å². The summed E-state index contributed by atoms with van der Waals surface area (Å²) in [6, 6.07) is 7.21. The maximum atomic E-state index is 11.8. The van der Waals surface area contributed by atoms with Crippen molar-refractivity contribution in [1.82, 2.24) is 10.6 Å². The van der Waals surface area contributed by atoms with Crippen molar-refractivity contribution in [3.8, 4) is 5.75 Å². The first kappa shape index (κ1) is 14.2. The largest absolute Gasteiger partial charge is 0.489 e. The number of hydrogen-bond acceptors (Lipinski definition) is 3. The fourth-order valence-corrected chi connectivity index (χ4v) is 2.27. The lowest BCUT2D eigenvalue weighted by atomic mass is 10.2. The summed E-state index contributed by atoms with van der Waals surface area (Å²) in [5.74, 6) is 0.771. The number of rotatable bonds is 5. The van der Waals surface area contributed by atoms with Gasteiger partial charge in [0, 0.05) is 5.02 Å². The summed E-state index contributed by atoms with van der Waals surface area (Å²) in [6.07, 6.45) is 1.88. The van der Waals surface area contributed by atoms with Crippen LogP contribution in [0.15, 0.2) is 24.3 Å². The zero-order chi connectivity index (χ0) is 13.7. The lowest BCUT2D eigenvalue weighted by Gasteiger charge is -2.17. The molecular formula is C14H19ClN2O2. The maximum Gasteiger partial charge on any atom is 0.237 e. The first-order valence-electron chi connectivity index (χ1n) is 6.58. The Kier molecular flexibility index (Phi) is 5.05. The molecule has 2 atom stereocenters. The summed E-state index contributed by atoms with van der Waals surface area (Å²) < 4.78 is 5.69. The second kappa shape index (κ2) is 6.78. The van der Waals surface area contributed by atoms with E-state index in [-0.39, 0.29) is 18.1 Å². The standard InChI is InChI=1S/C14H19ClN2O2/c1-10(19-12-5-2-4-11(15)8-12)9-17-14(18)13-6-3-7-16-13/h2,4-5,8,10,13,16H,3,6-7,9H2,1H3,(H,17,18). The van der Waals surface area contributed by atoms with Gasteiger partial charge >= 0.3 is 0 Å². The minimum Gasteiger partial charge on any atom is -0.489 e. The van der Waals surface area contributed by atoms with Gasteiger partial charge in [0.2, 0.25) is 5.91 Å². The first-order valence-corrected chi connectivity index (χ1v) is 6.96. The Labute approximate surface area is 118 Å². The quantitative estimate of drug-likeness (QED) is 0.868. The van der Waals surface area contributed by atoms with Gasteiger partial charge in [0.15, 0.2) is 0 Å². The molecule has 0 saturated carbocycles. The molecule has 2 unspecified atom stereocenters. The van der Waals surface area contributed by atoms with E-state index in [1.165, 1.54) is 0 Å². The zero-order valence-corrected chi connectivity index (χ0v) is 11.7. The molecule has 1 heterocycles. The van der Waals surface area contributed by atoms with Gasteiger partial charge in [0.25, 0.3) is 0 Å². The van der Waals surface area contributed by atoms with Gasteiger partial charge in [-0.3, -0.25) is 4.79 Å². The molecule has 1 aliphatic rings. The molecule has 0 spiro atoms. The van der Waals surface area contributed by atoms with E-state index in [1.807, 2.05) is 19.1 Å². The summed E-state index contributed by atoms with van der Waals surface area (Å²) >= 11 is 5.88. The number of benzene rings is 1. The molecule has 104 valence electrons. The molecule has 1 saturated heterocycles. The van der Waals surface area contributed by atoms with Crippen molar-refractivity contribution < 1.29 is 9.53 Å². The minimum atomic E-state index is -0.0937. The van der Waals surface area contributed by atoms with Crippen LogP contribution in [0.5, 0.6) is 5.75 Å². The molecule has 1 aromatic carbocycles. The van der Waals surface area contributed by atoms with Gasteiger partial charge < -0.3 is 15.4 Å². The predicted octanol–water partition coefficient (Wildman–Crippen LogP) is 1.98. The van der Waals surface area contributed by atoms with E-state index < -0.39 is 0 Å². The van der Waals surface area contributed by atoms with Gasteiger partial charge in [0.05, 0.1) is 12.6 Å². The van der Waals surface area contributed by atoms with Crippen LogP contribution in [-0.4, -0.2) is 31.1 Å². The Morgan fingerprint density at radius 3 is 3.16 bits per heavy atom. The highest BCUT2D eigenvalue weighted by molar-refractivity contribution is 6.30. The Balaban J connectivity index is 1.75. The topological polar surface area (TPSA) is 50.4 Å². The number of halogens is 1. The van der Waals surface area contributed by atoms with Gasteiger partial charge in [-0.1, -0.05) is 17.7 Å². The van der Waals surface area contributed by atoms with E-state index in [1.54, 1.807) is 12.1 Å². The molecule has 19 heavy (non-hydrogen) atoms. The molecule has 1 amide bonds. The van der Waals surface area contributed by atoms with Crippen LogP contribution in [0.2, 0.25) is 5.02 Å². The van der Waals surface area contributed by atoms with Gasteiger partial charge in [0.1, 0.15) is 11.9 Å². The van der Waals surface area contributed by atoms with Gasteiger partial charge in [-0.2, -0.15) is 0 Å². The highest BCUT2D eigenvalue weighted by Gasteiger charge is 2.21. The third-order valence-electron chi connectivity index (χ3n) is 3.07. The number of ether oxygens (including phenoxy) is 1. The van der Waals surface area contributed by atoms with Crippen LogP contribution in [0.1, 0.15) is 19.8 Å². The highest BCUT2D eigenvalue weighted by Crippen LogP contribution is 2.18. The normalized spacial score (nSPS) is 20.0. The number of hydrogen-bond donors (Lipinski definition) is 2. The van der Waals surface area contributed by atoms with Crippen LogP contribution >= 0.6 is 11.6 Å². The van der Waals surface area contributed by atoms with E-state index in [0.717, 1.165) is 19.4 Å². The molecule has 1 aliphatic heterocycles. The van der Waals surface area contributed by atoms with Crippen LogP contribution in [-0.2, 0) is 4.79 Å². The molecule has 0 aliphatic carbocycles. The Morgan fingerprint density at radius 1 is 1.63 bits per heavy atom.